The van der Waals surface area contributed by atoms with Crippen molar-refractivity contribution in [2.45, 2.75) is 30.9 Å². The average molecular weight is 422 g/mol. The highest BCUT2D eigenvalue weighted by molar-refractivity contribution is 8.26. The Morgan fingerprint density at radius 1 is 1.39 bits per heavy atom. The van der Waals surface area contributed by atoms with E-state index in [0.717, 1.165) is 13.5 Å². The van der Waals surface area contributed by atoms with Crippen LogP contribution in [-0.2, 0) is 0 Å². The number of fused-ring (bicyclic) bond motifs is 1. The molecule has 0 spiro atoms. The zero-order chi connectivity index (χ0) is 20.4. The number of pyridine rings is 1. The second kappa shape index (κ2) is 6.29. The first-order chi connectivity index (χ1) is 13.0. The third kappa shape index (κ3) is 3.03. The van der Waals surface area contributed by atoms with Crippen LogP contribution < -0.4 is 8.61 Å². The molecule has 1 aliphatic carbocycles. The highest BCUT2D eigenvalue weighted by atomic mass is 32.3. The Labute approximate surface area is 161 Å². The summed E-state index contributed by atoms with van der Waals surface area (Å²) in [6, 6.07) is 3.07. The molecule has 8 nitrogen and oxygen atoms in total. The van der Waals surface area contributed by atoms with Gasteiger partial charge in [0.05, 0.1) is 6.54 Å². The maximum atomic E-state index is 14.5. The van der Waals surface area contributed by atoms with Crippen LogP contribution >= 0.6 is 11.0 Å². The molecule has 0 aromatic carbocycles. The molecule has 0 bridgehead atoms. The maximum absolute atomic E-state index is 14.5. The van der Waals surface area contributed by atoms with Crippen molar-refractivity contribution in [3.8, 4) is 0 Å². The first-order valence-corrected chi connectivity index (χ1v) is 10.3. The lowest BCUT2D eigenvalue weighted by Gasteiger charge is -2.41. The normalized spacial score (nSPS) is 31.5. The van der Waals surface area contributed by atoms with E-state index in [2.05, 4.69) is 4.98 Å². The van der Waals surface area contributed by atoms with Gasteiger partial charge in [-0.25, -0.2) is 31.6 Å². The third-order valence-corrected chi connectivity index (χ3v) is 7.48. The Hall–Kier alpha value is -1.92. The molecule has 1 saturated carbocycles. The van der Waals surface area contributed by atoms with Gasteiger partial charge in [-0.2, -0.15) is 0 Å². The number of carboxylic acid groups (broad SMARTS) is 1. The highest BCUT2D eigenvalue weighted by Crippen LogP contribution is 2.62. The quantitative estimate of drug-likeness (QED) is 0.687. The van der Waals surface area contributed by atoms with E-state index >= 15 is 0 Å². The van der Waals surface area contributed by atoms with Gasteiger partial charge in [0.2, 0.25) is 0 Å². The second-order valence-corrected chi connectivity index (χ2v) is 9.40. The molecule has 12 heteroatoms. The summed E-state index contributed by atoms with van der Waals surface area (Å²) in [5.41, 5.74) is 0.685. The van der Waals surface area contributed by atoms with Crippen LogP contribution in [0.5, 0.6) is 0 Å². The Morgan fingerprint density at radius 2 is 2.07 bits per heavy atom. The number of carbonyl (C=O) groups is 1. The number of halogens is 3. The Kier molecular flexibility index (Phi) is 4.36. The van der Waals surface area contributed by atoms with Gasteiger partial charge in [-0.1, -0.05) is 0 Å². The number of nitrogens with zero attached hydrogens (tertiary/aromatic N) is 4. The second-order valence-electron chi connectivity index (χ2n) is 7.43. The number of anilines is 2. The molecule has 3 atom stereocenters. The molecular formula is C16H21F3N4O4S. The number of likely N-dealkylation sites (tertiary alicyclic amines) is 1. The lowest BCUT2D eigenvalue weighted by Crippen LogP contribution is -2.43. The van der Waals surface area contributed by atoms with E-state index < -0.39 is 41.0 Å². The fourth-order valence-corrected chi connectivity index (χ4v) is 5.21. The smallest absolute Gasteiger partial charge is 0.407 e. The van der Waals surface area contributed by atoms with Crippen molar-refractivity contribution in [1.29, 1.82) is 0 Å². The van der Waals surface area contributed by atoms with E-state index in [1.54, 1.807) is 6.07 Å². The molecule has 3 aliphatic rings. The molecule has 1 aromatic heterocycles. The van der Waals surface area contributed by atoms with Crippen LogP contribution in [0.15, 0.2) is 12.1 Å². The maximum Gasteiger partial charge on any atom is 0.407 e. The van der Waals surface area contributed by atoms with Gasteiger partial charge in [0, 0.05) is 44.1 Å². The lowest BCUT2D eigenvalue weighted by molar-refractivity contribution is 0.0955. The monoisotopic (exact) mass is 422 g/mol. The number of aromatic nitrogens is 1. The van der Waals surface area contributed by atoms with Crippen LogP contribution in [0.3, 0.4) is 0 Å². The van der Waals surface area contributed by atoms with Gasteiger partial charge < -0.3 is 10.0 Å². The Morgan fingerprint density at radius 3 is 2.64 bits per heavy atom. The Bertz CT molecular complexity index is 814. The van der Waals surface area contributed by atoms with Crippen molar-refractivity contribution in [2.24, 2.45) is 5.92 Å². The minimum absolute atomic E-state index is 0.174. The summed E-state index contributed by atoms with van der Waals surface area (Å²) in [7, 11) is -2.12. The summed E-state index contributed by atoms with van der Waals surface area (Å²) in [5.74, 6) is -4.19. The van der Waals surface area contributed by atoms with Gasteiger partial charge in [-0.05, 0) is 29.5 Å². The zero-order valence-corrected chi connectivity index (χ0v) is 15.8. The molecule has 4 rings (SSSR count). The highest BCUT2D eigenvalue weighted by Gasteiger charge is 2.59. The number of hydrogen-bond donors (Lipinski definition) is 3. The van der Waals surface area contributed by atoms with E-state index in [-0.39, 0.29) is 38.3 Å². The Balaban J connectivity index is 1.59. The molecule has 2 fully saturated rings. The molecule has 2 aliphatic heterocycles. The molecule has 3 N–H and O–H groups in total. The van der Waals surface area contributed by atoms with Crippen molar-refractivity contribution in [3.05, 3.63) is 17.8 Å². The standard InChI is InChI=1S/C16H21F3N4O4S/c1-21-14-13(23(28(21,26)27)7-9-6-16(9,18)19)3-2-12(20-14)10-4-5-22(15(24)25)8-11(10)17/h2-3,9-11,26-27H,4-8H2,1H3,(H,24,25). The first-order valence-electron chi connectivity index (χ1n) is 8.83. The summed E-state index contributed by atoms with van der Waals surface area (Å²) in [6.45, 7) is -0.295. The number of rotatable bonds is 3. The van der Waals surface area contributed by atoms with Crippen LogP contribution in [0, 0.1) is 5.92 Å². The van der Waals surface area contributed by atoms with Crippen molar-refractivity contribution in [3.63, 3.8) is 0 Å². The first kappa shape index (κ1) is 19.4. The predicted molar refractivity (Wildman–Crippen MR) is 97.7 cm³/mol. The molecule has 1 amide bonds. The third-order valence-electron chi connectivity index (χ3n) is 5.64. The summed E-state index contributed by atoms with van der Waals surface area (Å²) in [4.78, 5) is 16.4. The fourth-order valence-electron chi connectivity index (χ4n) is 3.76. The van der Waals surface area contributed by atoms with Gasteiger partial charge in [-0.15, -0.1) is 0 Å². The van der Waals surface area contributed by atoms with Crippen molar-refractivity contribution >= 4 is 28.6 Å². The van der Waals surface area contributed by atoms with Gasteiger partial charge >= 0.3 is 6.09 Å². The van der Waals surface area contributed by atoms with Crippen molar-refractivity contribution in [2.75, 3.05) is 35.3 Å². The molecule has 28 heavy (non-hydrogen) atoms. The van der Waals surface area contributed by atoms with Gasteiger partial charge in [0.15, 0.2) is 5.82 Å². The van der Waals surface area contributed by atoms with Crippen LogP contribution in [0.4, 0.5) is 29.5 Å². The number of alkyl halides is 3. The van der Waals surface area contributed by atoms with Crippen LogP contribution in [0.25, 0.3) is 0 Å². The molecule has 0 radical (unpaired) electrons. The number of piperidine rings is 1. The van der Waals surface area contributed by atoms with E-state index in [1.165, 1.54) is 13.1 Å². The van der Waals surface area contributed by atoms with Gasteiger partial charge in [-0.3, -0.25) is 9.11 Å². The SMILES string of the molecule is CN1c2nc(C3CCN(C(=O)O)CC3F)ccc2N(CC2CC2(F)F)S1(O)O. The minimum Gasteiger partial charge on any atom is -0.465 e. The predicted octanol–water partition coefficient (Wildman–Crippen LogP) is 3.38. The molecular weight excluding hydrogens is 401 g/mol. The average Bonchev–Trinajstić information content (AvgIpc) is 3.19. The fraction of sp³-hybridized carbons (Fsp3) is 0.625. The van der Waals surface area contributed by atoms with E-state index in [1.807, 2.05) is 0 Å². The molecule has 1 saturated heterocycles. The van der Waals surface area contributed by atoms with Crippen molar-refractivity contribution < 1.29 is 32.2 Å². The van der Waals surface area contributed by atoms with E-state index in [0.29, 0.717) is 11.4 Å². The summed E-state index contributed by atoms with van der Waals surface area (Å²) >= 11 is 0. The van der Waals surface area contributed by atoms with Crippen LogP contribution in [0.1, 0.15) is 24.5 Å². The molecule has 3 unspecified atom stereocenters. The van der Waals surface area contributed by atoms with E-state index in [4.69, 9.17) is 5.11 Å². The van der Waals surface area contributed by atoms with Crippen LogP contribution in [0.2, 0.25) is 0 Å². The summed E-state index contributed by atoms with van der Waals surface area (Å²) in [5, 5.41) is 9.00. The minimum atomic E-state index is -3.52. The number of hydrogen-bond acceptors (Lipinski definition) is 6. The topological polar surface area (TPSA) is 100 Å². The molecule has 3 heterocycles. The molecule has 1 aromatic rings. The van der Waals surface area contributed by atoms with Gasteiger partial charge in [0.25, 0.3) is 5.92 Å². The van der Waals surface area contributed by atoms with Gasteiger partial charge in [0.1, 0.15) is 11.9 Å². The number of amides is 1. The van der Waals surface area contributed by atoms with E-state index in [9.17, 15) is 27.1 Å². The van der Waals surface area contributed by atoms with Crippen molar-refractivity contribution in [1.82, 2.24) is 9.88 Å². The zero-order valence-electron chi connectivity index (χ0n) is 15.0. The van der Waals surface area contributed by atoms with Crippen LogP contribution in [-0.4, -0.2) is 69.0 Å². The largest absolute Gasteiger partial charge is 0.465 e. The summed E-state index contributed by atoms with van der Waals surface area (Å²) < 4.78 is 64.4. The lowest BCUT2D eigenvalue weighted by atomic mass is 9.91. The summed E-state index contributed by atoms with van der Waals surface area (Å²) in [6.07, 6.45) is -2.67. The molecule has 156 valence electrons.